The molecular formula is C16H26N6O4. The number of guanidine groups is 1. The Morgan fingerprint density at radius 3 is 2.81 bits per heavy atom. The predicted molar refractivity (Wildman–Crippen MR) is 97.5 cm³/mol. The van der Waals surface area contributed by atoms with Crippen molar-refractivity contribution < 1.29 is 19.4 Å². The summed E-state index contributed by atoms with van der Waals surface area (Å²) in [6.45, 7) is 4.69. The number of rotatable bonds is 5. The summed E-state index contributed by atoms with van der Waals surface area (Å²) in [6, 6.07) is 0. The van der Waals surface area contributed by atoms with Crippen LogP contribution in [0.1, 0.15) is 26.2 Å². The molecule has 1 saturated heterocycles. The van der Waals surface area contributed by atoms with E-state index in [1.807, 2.05) is 11.8 Å². The van der Waals surface area contributed by atoms with Gasteiger partial charge in [0.1, 0.15) is 19.0 Å². The van der Waals surface area contributed by atoms with Crippen molar-refractivity contribution in [3.63, 3.8) is 0 Å². The molecular weight excluding hydrogens is 340 g/mol. The maximum absolute atomic E-state index is 12.1. The monoisotopic (exact) mass is 366 g/mol. The number of ether oxygens (including phenoxy) is 1. The zero-order chi connectivity index (χ0) is 18.8. The predicted octanol–water partition coefficient (Wildman–Crippen LogP) is -0.234. The molecule has 144 valence electrons. The molecule has 10 nitrogen and oxygen atoms in total. The molecule has 0 aromatic heterocycles. The highest BCUT2D eigenvalue weighted by Crippen LogP contribution is 2.03. The fourth-order valence-electron chi connectivity index (χ4n) is 2.47. The van der Waals surface area contributed by atoms with Crippen LogP contribution in [-0.2, 0) is 14.3 Å². The standard InChI is InChI=1S/C16H26N6O4/c1-2-3-4-14(23)20-16-18-12-21(10-15(24)25)11-17-9-13(19-16)22-5-7-26-8-6-22/h11H,2-10,12H2,1H3,(H,24,25)(H,18,20,23). The van der Waals surface area contributed by atoms with Crippen LogP contribution in [0.5, 0.6) is 0 Å². The molecule has 0 spiro atoms. The second-order valence-corrected chi connectivity index (χ2v) is 6.00. The number of nitrogens with zero attached hydrogens (tertiary/aromatic N) is 5. The summed E-state index contributed by atoms with van der Waals surface area (Å²) >= 11 is 0. The SMILES string of the molecule is CCCCC(=O)NC1=NCN(CC(=O)O)C=NCC(N2CCOCC2)=N1. The molecule has 0 aromatic carbocycles. The van der Waals surface area contributed by atoms with Crippen LogP contribution in [0, 0.1) is 0 Å². The van der Waals surface area contributed by atoms with Crippen LogP contribution < -0.4 is 5.32 Å². The number of amidine groups is 1. The van der Waals surface area contributed by atoms with Gasteiger partial charge in [-0.25, -0.2) is 4.99 Å². The third-order valence-electron chi connectivity index (χ3n) is 3.84. The number of carbonyl (C=O) groups is 2. The first-order valence-electron chi connectivity index (χ1n) is 8.79. The lowest BCUT2D eigenvalue weighted by molar-refractivity contribution is -0.137. The molecule has 1 amide bonds. The van der Waals surface area contributed by atoms with E-state index < -0.39 is 5.97 Å². The van der Waals surface area contributed by atoms with Gasteiger partial charge < -0.3 is 19.6 Å². The van der Waals surface area contributed by atoms with E-state index in [1.165, 1.54) is 11.2 Å². The Kier molecular flexibility index (Phi) is 8.00. The minimum Gasteiger partial charge on any atom is -0.480 e. The number of carbonyl (C=O) groups excluding carboxylic acids is 1. The summed E-state index contributed by atoms with van der Waals surface area (Å²) < 4.78 is 5.36. The van der Waals surface area contributed by atoms with Gasteiger partial charge in [-0.15, -0.1) is 0 Å². The quantitative estimate of drug-likeness (QED) is 0.693. The van der Waals surface area contributed by atoms with Gasteiger partial charge in [0.15, 0.2) is 0 Å². The van der Waals surface area contributed by atoms with Crippen molar-refractivity contribution in [3.05, 3.63) is 0 Å². The summed E-state index contributed by atoms with van der Waals surface area (Å²) in [5.41, 5.74) is 0. The van der Waals surface area contributed by atoms with E-state index in [0.717, 1.165) is 12.8 Å². The van der Waals surface area contributed by atoms with E-state index in [2.05, 4.69) is 20.3 Å². The third-order valence-corrected chi connectivity index (χ3v) is 3.84. The van der Waals surface area contributed by atoms with E-state index in [-0.39, 0.29) is 31.6 Å². The molecule has 0 aliphatic carbocycles. The first kappa shape index (κ1) is 19.8. The first-order chi connectivity index (χ1) is 12.6. The number of unbranched alkanes of at least 4 members (excludes halogenated alkanes) is 1. The second-order valence-electron chi connectivity index (χ2n) is 6.00. The largest absolute Gasteiger partial charge is 0.480 e. The van der Waals surface area contributed by atoms with Crippen LogP contribution >= 0.6 is 0 Å². The maximum atomic E-state index is 12.1. The third kappa shape index (κ3) is 6.79. The number of nitrogens with one attached hydrogen (secondary N) is 1. The van der Waals surface area contributed by atoms with Gasteiger partial charge in [0, 0.05) is 19.5 Å². The Bertz CT molecular complexity index is 583. The highest BCUT2D eigenvalue weighted by Gasteiger charge is 2.18. The van der Waals surface area contributed by atoms with Crippen LogP contribution in [0.3, 0.4) is 0 Å². The van der Waals surface area contributed by atoms with E-state index in [0.29, 0.717) is 38.6 Å². The van der Waals surface area contributed by atoms with E-state index in [4.69, 9.17) is 9.84 Å². The van der Waals surface area contributed by atoms with Crippen LogP contribution in [0.15, 0.2) is 15.0 Å². The lowest BCUT2D eigenvalue weighted by Crippen LogP contribution is -2.43. The van der Waals surface area contributed by atoms with Gasteiger partial charge in [-0.1, -0.05) is 13.3 Å². The van der Waals surface area contributed by atoms with Crippen molar-refractivity contribution in [2.45, 2.75) is 26.2 Å². The van der Waals surface area contributed by atoms with Gasteiger partial charge >= 0.3 is 5.97 Å². The Hall–Kier alpha value is -2.49. The maximum Gasteiger partial charge on any atom is 0.323 e. The molecule has 2 aliphatic heterocycles. The molecule has 2 aliphatic rings. The highest BCUT2D eigenvalue weighted by molar-refractivity contribution is 6.04. The lowest BCUT2D eigenvalue weighted by Gasteiger charge is -2.29. The summed E-state index contributed by atoms with van der Waals surface area (Å²) in [5.74, 6) is -0.265. The van der Waals surface area contributed by atoms with Gasteiger partial charge in [-0.05, 0) is 6.42 Å². The lowest BCUT2D eigenvalue weighted by atomic mass is 10.2. The zero-order valence-electron chi connectivity index (χ0n) is 15.1. The minimum atomic E-state index is -0.978. The smallest absolute Gasteiger partial charge is 0.323 e. The van der Waals surface area contributed by atoms with Crippen LogP contribution in [0.4, 0.5) is 0 Å². The number of hydrogen-bond donors (Lipinski definition) is 2. The fourth-order valence-corrected chi connectivity index (χ4v) is 2.47. The van der Waals surface area contributed by atoms with Crippen molar-refractivity contribution in [3.8, 4) is 0 Å². The van der Waals surface area contributed by atoms with E-state index in [1.54, 1.807) is 0 Å². The average molecular weight is 366 g/mol. The summed E-state index contributed by atoms with van der Waals surface area (Å²) in [7, 11) is 0. The van der Waals surface area contributed by atoms with E-state index in [9.17, 15) is 9.59 Å². The Morgan fingerprint density at radius 1 is 1.35 bits per heavy atom. The molecule has 10 heteroatoms. The second kappa shape index (κ2) is 10.5. The molecule has 0 aromatic rings. The van der Waals surface area contributed by atoms with Crippen molar-refractivity contribution in [1.82, 2.24) is 15.1 Å². The van der Waals surface area contributed by atoms with Gasteiger partial charge in [0.2, 0.25) is 11.9 Å². The number of morpholine rings is 1. The van der Waals surface area contributed by atoms with Crippen LogP contribution in [0.2, 0.25) is 0 Å². The van der Waals surface area contributed by atoms with Gasteiger partial charge in [-0.2, -0.15) is 4.99 Å². The summed E-state index contributed by atoms with van der Waals surface area (Å²) in [6.07, 6.45) is 3.57. The molecule has 0 radical (unpaired) electrons. The molecule has 1 fully saturated rings. The van der Waals surface area contributed by atoms with Crippen LogP contribution in [0.25, 0.3) is 0 Å². The summed E-state index contributed by atoms with van der Waals surface area (Å²) in [4.78, 5) is 39.6. The first-order valence-corrected chi connectivity index (χ1v) is 8.79. The molecule has 0 atom stereocenters. The molecule has 0 bridgehead atoms. The van der Waals surface area contributed by atoms with Crippen LogP contribution in [-0.4, -0.2) is 91.0 Å². The Labute approximate surface area is 152 Å². The van der Waals surface area contributed by atoms with Gasteiger partial charge in [0.25, 0.3) is 0 Å². The molecule has 26 heavy (non-hydrogen) atoms. The number of hydrogen-bond acceptors (Lipinski definition) is 8. The number of aliphatic carboxylic acids is 1. The topological polar surface area (TPSA) is 119 Å². The fraction of sp³-hybridized carbons (Fsp3) is 0.688. The van der Waals surface area contributed by atoms with E-state index >= 15 is 0 Å². The molecule has 0 saturated carbocycles. The molecule has 2 heterocycles. The van der Waals surface area contributed by atoms with Gasteiger partial charge in [0.05, 0.1) is 26.1 Å². The van der Waals surface area contributed by atoms with Gasteiger partial charge in [-0.3, -0.25) is 19.9 Å². The molecule has 2 N–H and O–H groups in total. The minimum absolute atomic E-state index is 0.0546. The number of aliphatic imine (C=N–C) groups is 3. The number of carboxylic acids is 1. The zero-order valence-corrected chi connectivity index (χ0v) is 15.1. The molecule has 2 rings (SSSR count). The number of amides is 1. The van der Waals surface area contributed by atoms with Crippen molar-refractivity contribution in [2.75, 3.05) is 46.1 Å². The Morgan fingerprint density at radius 2 is 2.12 bits per heavy atom. The van der Waals surface area contributed by atoms with Crippen molar-refractivity contribution in [2.24, 2.45) is 15.0 Å². The normalized spacial score (nSPS) is 18.3. The van der Waals surface area contributed by atoms with Crippen molar-refractivity contribution in [1.29, 1.82) is 0 Å². The Balaban J connectivity index is 2.16. The average Bonchev–Trinajstić information content (AvgIpc) is 2.72. The van der Waals surface area contributed by atoms with Crippen molar-refractivity contribution >= 4 is 30.0 Å². The number of carboxylic acid groups (broad SMARTS) is 1. The summed E-state index contributed by atoms with van der Waals surface area (Å²) in [5, 5.41) is 11.7. The highest BCUT2D eigenvalue weighted by atomic mass is 16.5. The molecule has 0 unspecified atom stereocenters.